The number of alkyl carbamates (subject to hydrolysis) is 1. The lowest BCUT2D eigenvalue weighted by atomic mass is 9.65. The van der Waals surface area contributed by atoms with Gasteiger partial charge in [-0.1, -0.05) is 36.4 Å². The van der Waals surface area contributed by atoms with E-state index in [1.165, 1.54) is 11.1 Å². The topological polar surface area (TPSA) is 60.0 Å². The molecule has 1 saturated heterocycles. The summed E-state index contributed by atoms with van der Waals surface area (Å²) in [5.74, 6) is 1.52. The van der Waals surface area contributed by atoms with Gasteiger partial charge in [0.2, 0.25) is 0 Å². The first-order valence-electron chi connectivity index (χ1n) is 12.2. The molecule has 2 aromatic carbocycles. The molecule has 0 unspecified atom stereocenters. The molecular weight excluding hydrogens is 428 g/mol. The molecule has 184 valence electrons. The highest BCUT2D eigenvalue weighted by Gasteiger charge is 2.51. The van der Waals surface area contributed by atoms with Crippen LogP contribution < -0.4 is 14.8 Å². The first-order chi connectivity index (χ1) is 16.2. The van der Waals surface area contributed by atoms with Crippen LogP contribution in [0.15, 0.2) is 48.5 Å². The number of methoxy groups -OCH3 is 2. The molecule has 0 aromatic heterocycles. The zero-order valence-electron chi connectivity index (χ0n) is 21.1. The van der Waals surface area contributed by atoms with E-state index in [1.807, 2.05) is 26.8 Å². The standard InChI is InChI=1S/C28H38N2O4/c1-27(2,3)34-26(31)29-22-13-14-28(21-11-12-23(32-4)24(17-21)33-5)15-16-30(25(28)18-22)19-20-9-7-6-8-10-20/h6-12,17,22,25H,13-16,18-19H2,1-5H3,(H,29,31)/t22-,25+,28-/m0/s1. The molecule has 0 bridgehead atoms. The van der Waals surface area contributed by atoms with Crippen molar-refractivity contribution in [2.45, 2.75) is 76.1 Å². The number of carbonyl (C=O) groups is 1. The maximum atomic E-state index is 12.5. The van der Waals surface area contributed by atoms with Crippen molar-refractivity contribution in [3.05, 3.63) is 59.7 Å². The van der Waals surface area contributed by atoms with Gasteiger partial charge in [0.1, 0.15) is 5.60 Å². The van der Waals surface area contributed by atoms with Crippen molar-refractivity contribution >= 4 is 6.09 Å². The molecule has 6 heteroatoms. The minimum Gasteiger partial charge on any atom is -0.493 e. The van der Waals surface area contributed by atoms with Gasteiger partial charge in [0.05, 0.1) is 14.2 Å². The van der Waals surface area contributed by atoms with E-state index in [-0.39, 0.29) is 17.6 Å². The maximum Gasteiger partial charge on any atom is 0.407 e. The number of fused-ring (bicyclic) bond motifs is 1. The number of nitrogens with one attached hydrogen (secondary N) is 1. The summed E-state index contributed by atoms with van der Waals surface area (Å²) in [4.78, 5) is 15.1. The van der Waals surface area contributed by atoms with Crippen LogP contribution in [0.4, 0.5) is 4.79 Å². The zero-order valence-corrected chi connectivity index (χ0v) is 21.1. The van der Waals surface area contributed by atoms with Gasteiger partial charge in [-0.15, -0.1) is 0 Å². The van der Waals surface area contributed by atoms with Crippen molar-refractivity contribution in [2.75, 3.05) is 20.8 Å². The smallest absolute Gasteiger partial charge is 0.407 e. The van der Waals surface area contributed by atoms with Crippen molar-refractivity contribution < 1.29 is 19.0 Å². The van der Waals surface area contributed by atoms with Crippen LogP contribution >= 0.6 is 0 Å². The summed E-state index contributed by atoms with van der Waals surface area (Å²) in [5.41, 5.74) is 2.12. The van der Waals surface area contributed by atoms with Crippen LogP contribution in [0.3, 0.4) is 0 Å². The Hall–Kier alpha value is -2.73. The third kappa shape index (κ3) is 5.17. The molecule has 3 atom stereocenters. The number of hydrogen-bond acceptors (Lipinski definition) is 5. The second kappa shape index (κ2) is 9.87. The third-order valence-corrected chi connectivity index (χ3v) is 7.28. The fourth-order valence-corrected chi connectivity index (χ4v) is 5.74. The number of ether oxygens (including phenoxy) is 3. The van der Waals surface area contributed by atoms with Crippen molar-refractivity contribution in [3.63, 3.8) is 0 Å². The maximum absolute atomic E-state index is 12.5. The van der Waals surface area contributed by atoms with Gasteiger partial charge in [0.15, 0.2) is 11.5 Å². The summed E-state index contributed by atoms with van der Waals surface area (Å²) in [6, 6.07) is 17.4. The number of carbonyl (C=O) groups excluding carboxylic acids is 1. The lowest BCUT2D eigenvalue weighted by molar-refractivity contribution is 0.0455. The summed E-state index contributed by atoms with van der Waals surface area (Å²) in [6.07, 6.45) is 3.56. The molecule has 1 N–H and O–H groups in total. The Bertz CT molecular complexity index is 988. The van der Waals surface area contributed by atoms with Crippen LogP contribution in [0.1, 0.15) is 57.6 Å². The first kappa shape index (κ1) is 24.4. The zero-order chi connectivity index (χ0) is 24.3. The van der Waals surface area contributed by atoms with E-state index in [0.29, 0.717) is 6.04 Å². The lowest BCUT2D eigenvalue weighted by Gasteiger charge is -2.45. The van der Waals surface area contributed by atoms with Crippen LogP contribution in [0.25, 0.3) is 0 Å². The van der Waals surface area contributed by atoms with Gasteiger partial charge in [-0.2, -0.15) is 0 Å². The third-order valence-electron chi connectivity index (χ3n) is 7.28. The van der Waals surface area contributed by atoms with E-state index in [0.717, 1.165) is 50.3 Å². The predicted molar refractivity (Wildman–Crippen MR) is 133 cm³/mol. The lowest BCUT2D eigenvalue weighted by Crippen LogP contribution is -2.52. The molecular formula is C28H38N2O4. The monoisotopic (exact) mass is 466 g/mol. The van der Waals surface area contributed by atoms with Crippen molar-refractivity contribution in [1.82, 2.24) is 10.2 Å². The summed E-state index contributed by atoms with van der Waals surface area (Å²) >= 11 is 0. The normalized spacial score (nSPS) is 24.9. The van der Waals surface area contributed by atoms with Gasteiger partial charge in [0.25, 0.3) is 0 Å². The van der Waals surface area contributed by atoms with E-state index in [2.05, 4.69) is 52.7 Å². The highest BCUT2D eigenvalue weighted by molar-refractivity contribution is 5.68. The van der Waals surface area contributed by atoms with E-state index in [9.17, 15) is 4.79 Å². The second-order valence-corrected chi connectivity index (χ2v) is 10.6. The van der Waals surface area contributed by atoms with Gasteiger partial charge in [0, 0.05) is 24.0 Å². The molecule has 2 fully saturated rings. The largest absolute Gasteiger partial charge is 0.493 e. The summed E-state index contributed by atoms with van der Waals surface area (Å²) in [6.45, 7) is 7.61. The molecule has 34 heavy (non-hydrogen) atoms. The Morgan fingerprint density at radius 2 is 1.79 bits per heavy atom. The number of amides is 1. The molecule has 0 radical (unpaired) electrons. The van der Waals surface area contributed by atoms with Crippen LogP contribution in [0, 0.1) is 0 Å². The molecule has 1 amide bonds. The van der Waals surface area contributed by atoms with Crippen molar-refractivity contribution in [3.8, 4) is 11.5 Å². The fourth-order valence-electron chi connectivity index (χ4n) is 5.74. The van der Waals surface area contributed by atoms with Gasteiger partial charge in [-0.25, -0.2) is 4.79 Å². The number of benzene rings is 2. The van der Waals surface area contributed by atoms with Gasteiger partial charge in [-0.05, 0) is 76.3 Å². The Labute approximate surface area is 203 Å². The average Bonchev–Trinajstić information content (AvgIpc) is 3.16. The average molecular weight is 467 g/mol. The Balaban J connectivity index is 1.61. The summed E-state index contributed by atoms with van der Waals surface area (Å²) < 4.78 is 16.7. The Kier molecular flexibility index (Phi) is 7.08. The highest BCUT2D eigenvalue weighted by atomic mass is 16.6. The van der Waals surface area contributed by atoms with Crippen LogP contribution in [0.5, 0.6) is 11.5 Å². The van der Waals surface area contributed by atoms with E-state index < -0.39 is 5.60 Å². The quantitative estimate of drug-likeness (QED) is 0.627. The molecule has 0 spiro atoms. The number of nitrogens with zero attached hydrogens (tertiary/aromatic N) is 1. The molecule has 1 aliphatic heterocycles. The van der Waals surface area contributed by atoms with E-state index in [1.54, 1.807) is 14.2 Å². The fraction of sp³-hybridized carbons (Fsp3) is 0.536. The van der Waals surface area contributed by atoms with E-state index in [4.69, 9.17) is 14.2 Å². The molecule has 1 heterocycles. The summed E-state index contributed by atoms with van der Waals surface area (Å²) in [5, 5.41) is 3.15. The van der Waals surface area contributed by atoms with Crippen LogP contribution in [-0.2, 0) is 16.7 Å². The van der Waals surface area contributed by atoms with Gasteiger partial charge in [-0.3, -0.25) is 4.90 Å². The van der Waals surface area contributed by atoms with Crippen LogP contribution in [0.2, 0.25) is 0 Å². The van der Waals surface area contributed by atoms with E-state index >= 15 is 0 Å². The molecule has 6 nitrogen and oxygen atoms in total. The highest BCUT2D eigenvalue weighted by Crippen LogP contribution is 2.50. The second-order valence-electron chi connectivity index (χ2n) is 10.6. The minimum absolute atomic E-state index is 0.0143. The Morgan fingerprint density at radius 1 is 1.06 bits per heavy atom. The predicted octanol–water partition coefficient (Wildman–Crippen LogP) is 5.29. The van der Waals surface area contributed by atoms with Crippen molar-refractivity contribution in [2.24, 2.45) is 0 Å². The SMILES string of the molecule is COc1ccc([C@@]23CC[C@H](NC(=O)OC(C)(C)C)C[C@H]2N(Cc2ccccc2)CC3)cc1OC. The van der Waals surface area contributed by atoms with Crippen molar-refractivity contribution in [1.29, 1.82) is 0 Å². The molecule has 2 aromatic rings. The minimum atomic E-state index is -0.505. The van der Waals surface area contributed by atoms with Gasteiger partial charge < -0.3 is 19.5 Å². The molecule has 1 saturated carbocycles. The molecule has 4 rings (SSSR count). The molecule has 2 aliphatic rings. The number of rotatable bonds is 6. The summed E-state index contributed by atoms with van der Waals surface area (Å²) in [7, 11) is 3.36. The Morgan fingerprint density at radius 3 is 2.47 bits per heavy atom. The van der Waals surface area contributed by atoms with Gasteiger partial charge >= 0.3 is 6.09 Å². The number of likely N-dealkylation sites (tertiary alicyclic amines) is 1. The molecule has 1 aliphatic carbocycles. The number of hydrogen-bond donors (Lipinski definition) is 1. The first-order valence-corrected chi connectivity index (χ1v) is 12.2. The van der Waals surface area contributed by atoms with Crippen LogP contribution in [-0.4, -0.2) is 49.4 Å².